The Morgan fingerprint density at radius 3 is 2.71 bits per heavy atom. The highest BCUT2D eigenvalue weighted by Crippen LogP contribution is 2.30. The van der Waals surface area contributed by atoms with Crippen molar-refractivity contribution in [3.8, 4) is 11.6 Å². The van der Waals surface area contributed by atoms with Gasteiger partial charge in [-0.15, -0.1) is 0 Å². The molecular weight excluding hydrogens is 312 g/mol. The molecule has 0 aliphatic heterocycles. The lowest BCUT2D eigenvalue weighted by molar-refractivity contribution is 0.458. The van der Waals surface area contributed by atoms with E-state index in [2.05, 4.69) is 25.9 Å². The number of aromatic nitrogens is 2. The molecule has 0 bridgehead atoms. The molecule has 0 radical (unpaired) electrons. The van der Waals surface area contributed by atoms with Crippen molar-refractivity contribution in [2.75, 3.05) is 5.73 Å². The summed E-state index contributed by atoms with van der Waals surface area (Å²) in [7, 11) is 0. The minimum Gasteiger partial charge on any atom is -0.438 e. The van der Waals surface area contributed by atoms with Crippen molar-refractivity contribution < 1.29 is 9.13 Å². The predicted molar refractivity (Wildman–Crippen MR) is 65.6 cm³/mol. The first-order valence-electron chi connectivity index (χ1n) is 4.47. The molecule has 1 heterocycles. The lowest BCUT2D eigenvalue weighted by Gasteiger charge is -2.07. The maximum Gasteiger partial charge on any atom is 0.225 e. The Morgan fingerprint density at radius 2 is 2.06 bits per heavy atom. The summed E-state index contributed by atoms with van der Waals surface area (Å²) in [6.45, 7) is 0. The van der Waals surface area contributed by atoms with E-state index in [9.17, 15) is 4.39 Å². The molecule has 88 valence electrons. The Hall–Kier alpha value is -1.40. The topological polar surface area (TPSA) is 61.0 Å². The maximum atomic E-state index is 12.9. The van der Waals surface area contributed by atoms with Crippen LogP contribution in [0.3, 0.4) is 0 Å². The lowest BCUT2D eigenvalue weighted by atomic mass is 10.3. The Labute approximate surface area is 110 Å². The average Bonchev–Trinajstić information content (AvgIpc) is 2.21. The standard InChI is InChI=1S/C10H6BrClFN3O/c11-6-3-5(13)1-2-7(6)17-9-4-8(12)15-10(14)16-9/h1-4H,(H2,14,15,16). The molecular formula is C10H6BrClFN3O. The highest BCUT2D eigenvalue weighted by Gasteiger charge is 2.07. The molecule has 1 aromatic heterocycles. The summed E-state index contributed by atoms with van der Waals surface area (Å²) in [6.07, 6.45) is 0. The fourth-order valence-corrected chi connectivity index (χ4v) is 1.75. The number of benzene rings is 1. The number of rotatable bonds is 2. The monoisotopic (exact) mass is 317 g/mol. The molecule has 2 rings (SSSR count). The fourth-order valence-electron chi connectivity index (χ4n) is 1.14. The van der Waals surface area contributed by atoms with E-state index in [1.54, 1.807) is 0 Å². The molecule has 2 aromatic rings. The number of nitrogen functional groups attached to an aromatic ring is 1. The van der Waals surface area contributed by atoms with Gasteiger partial charge in [-0.2, -0.15) is 4.98 Å². The van der Waals surface area contributed by atoms with Crippen molar-refractivity contribution in [1.82, 2.24) is 9.97 Å². The number of halogens is 3. The number of hydrogen-bond donors (Lipinski definition) is 1. The molecule has 0 saturated carbocycles. The molecule has 0 spiro atoms. The van der Waals surface area contributed by atoms with E-state index < -0.39 is 0 Å². The van der Waals surface area contributed by atoms with E-state index in [0.717, 1.165) is 0 Å². The third kappa shape index (κ3) is 3.04. The van der Waals surface area contributed by atoms with Crippen molar-refractivity contribution >= 4 is 33.5 Å². The van der Waals surface area contributed by atoms with Gasteiger partial charge in [-0.3, -0.25) is 0 Å². The first-order chi connectivity index (χ1) is 8.04. The molecule has 2 N–H and O–H groups in total. The summed E-state index contributed by atoms with van der Waals surface area (Å²) in [5.41, 5.74) is 5.42. The van der Waals surface area contributed by atoms with Crippen LogP contribution in [0.1, 0.15) is 0 Å². The smallest absolute Gasteiger partial charge is 0.225 e. The van der Waals surface area contributed by atoms with Crippen LogP contribution < -0.4 is 10.5 Å². The van der Waals surface area contributed by atoms with Gasteiger partial charge in [0.25, 0.3) is 0 Å². The van der Waals surface area contributed by atoms with Crippen LogP contribution in [0.4, 0.5) is 10.3 Å². The van der Waals surface area contributed by atoms with Gasteiger partial charge in [0.1, 0.15) is 16.7 Å². The zero-order chi connectivity index (χ0) is 12.4. The van der Waals surface area contributed by atoms with Crippen LogP contribution in [0, 0.1) is 5.82 Å². The van der Waals surface area contributed by atoms with Crippen LogP contribution >= 0.6 is 27.5 Å². The van der Waals surface area contributed by atoms with Crippen LogP contribution in [0.25, 0.3) is 0 Å². The Morgan fingerprint density at radius 1 is 1.29 bits per heavy atom. The lowest BCUT2D eigenvalue weighted by Crippen LogP contribution is -1.97. The van der Waals surface area contributed by atoms with Gasteiger partial charge in [0, 0.05) is 6.07 Å². The summed E-state index contributed by atoms with van der Waals surface area (Å²) >= 11 is 8.87. The summed E-state index contributed by atoms with van der Waals surface area (Å²) < 4.78 is 18.7. The SMILES string of the molecule is Nc1nc(Cl)cc(Oc2ccc(F)cc2Br)n1. The van der Waals surface area contributed by atoms with Gasteiger partial charge in [-0.05, 0) is 34.1 Å². The Kier molecular flexibility index (Phi) is 3.44. The normalized spacial score (nSPS) is 10.3. The van der Waals surface area contributed by atoms with Gasteiger partial charge in [0.05, 0.1) is 4.47 Å². The maximum absolute atomic E-state index is 12.9. The van der Waals surface area contributed by atoms with Gasteiger partial charge in [-0.1, -0.05) is 11.6 Å². The molecule has 17 heavy (non-hydrogen) atoms. The second kappa shape index (κ2) is 4.85. The number of nitrogens with zero attached hydrogens (tertiary/aromatic N) is 2. The molecule has 0 unspecified atom stereocenters. The number of ether oxygens (including phenoxy) is 1. The predicted octanol–water partition coefficient (Wildman–Crippen LogP) is 3.41. The van der Waals surface area contributed by atoms with E-state index in [4.69, 9.17) is 22.1 Å². The van der Waals surface area contributed by atoms with Crippen molar-refractivity contribution in [3.05, 3.63) is 39.7 Å². The molecule has 7 heteroatoms. The van der Waals surface area contributed by atoms with Gasteiger partial charge in [0.15, 0.2) is 0 Å². The molecule has 0 saturated heterocycles. The van der Waals surface area contributed by atoms with Gasteiger partial charge >= 0.3 is 0 Å². The molecule has 0 aliphatic carbocycles. The van der Waals surface area contributed by atoms with Crippen molar-refractivity contribution in [1.29, 1.82) is 0 Å². The highest BCUT2D eigenvalue weighted by atomic mass is 79.9. The van der Waals surface area contributed by atoms with E-state index in [1.165, 1.54) is 24.3 Å². The van der Waals surface area contributed by atoms with E-state index >= 15 is 0 Å². The van der Waals surface area contributed by atoms with Crippen molar-refractivity contribution in [2.45, 2.75) is 0 Å². The third-order valence-corrected chi connectivity index (χ3v) is 2.61. The highest BCUT2D eigenvalue weighted by molar-refractivity contribution is 9.10. The second-order valence-corrected chi connectivity index (χ2v) is 4.31. The quantitative estimate of drug-likeness (QED) is 0.862. The molecule has 0 atom stereocenters. The summed E-state index contributed by atoms with van der Waals surface area (Å²) in [6, 6.07) is 5.42. The Balaban J connectivity index is 2.31. The minimum atomic E-state index is -0.371. The Bertz CT molecular complexity index is 547. The molecule has 0 amide bonds. The van der Waals surface area contributed by atoms with Gasteiger partial charge < -0.3 is 10.5 Å². The van der Waals surface area contributed by atoms with E-state index in [-0.39, 0.29) is 22.8 Å². The van der Waals surface area contributed by atoms with E-state index in [1.807, 2.05) is 0 Å². The van der Waals surface area contributed by atoms with Crippen LogP contribution in [0.5, 0.6) is 11.6 Å². The summed E-state index contributed by atoms with van der Waals surface area (Å²) in [4.78, 5) is 7.53. The number of hydrogen-bond acceptors (Lipinski definition) is 4. The number of nitrogens with two attached hydrogens (primary N) is 1. The average molecular weight is 319 g/mol. The van der Waals surface area contributed by atoms with Crippen molar-refractivity contribution in [2.24, 2.45) is 0 Å². The van der Waals surface area contributed by atoms with Crippen LogP contribution in [0.15, 0.2) is 28.7 Å². The largest absolute Gasteiger partial charge is 0.438 e. The second-order valence-electron chi connectivity index (χ2n) is 3.06. The van der Waals surface area contributed by atoms with E-state index in [0.29, 0.717) is 10.2 Å². The summed E-state index contributed by atoms with van der Waals surface area (Å²) in [5, 5.41) is 0.172. The zero-order valence-corrected chi connectivity index (χ0v) is 10.7. The summed E-state index contributed by atoms with van der Waals surface area (Å²) in [5.74, 6) is 0.227. The molecule has 1 aromatic carbocycles. The zero-order valence-electron chi connectivity index (χ0n) is 8.32. The molecule has 4 nitrogen and oxygen atoms in total. The van der Waals surface area contributed by atoms with Crippen LogP contribution in [-0.2, 0) is 0 Å². The first-order valence-corrected chi connectivity index (χ1v) is 5.64. The van der Waals surface area contributed by atoms with Crippen molar-refractivity contribution in [3.63, 3.8) is 0 Å². The van der Waals surface area contributed by atoms with Gasteiger partial charge in [0.2, 0.25) is 11.8 Å². The van der Waals surface area contributed by atoms with Gasteiger partial charge in [-0.25, -0.2) is 9.37 Å². The van der Waals surface area contributed by atoms with Crippen LogP contribution in [0.2, 0.25) is 5.15 Å². The minimum absolute atomic E-state index is 0.00531. The first kappa shape index (κ1) is 12.1. The molecule has 0 aliphatic rings. The number of anilines is 1. The van der Waals surface area contributed by atoms with Crippen LogP contribution in [-0.4, -0.2) is 9.97 Å². The molecule has 0 fully saturated rings. The fraction of sp³-hybridized carbons (Fsp3) is 0. The third-order valence-electron chi connectivity index (χ3n) is 1.80.